The predicted octanol–water partition coefficient (Wildman–Crippen LogP) is 1.15. The van der Waals surface area contributed by atoms with E-state index in [0.29, 0.717) is 11.3 Å². The first kappa shape index (κ1) is 11.7. The Labute approximate surface area is 101 Å². The van der Waals surface area contributed by atoms with Gasteiger partial charge >= 0.3 is 0 Å². The van der Waals surface area contributed by atoms with E-state index in [1.54, 1.807) is 12.3 Å². The molecular formula is C12H16N4O. The van der Waals surface area contributed by atoms with Crippen LogP contribution in [0.4, 0.5) is 11.5 Å². The van der Waals surface area contributed by atoms with Crippen molar-refractivity contribution < 1.29 is 4.74 Å². The molecule has 0 aliphatic carbocycles. The zero-order chi connectivity index (χ0) is 12.4. The molecule has 0 aromatic carbocycles. The molecule has 5 nitrogen and oxygen atoms in total. The van der Waals surface area contributed by atoms with Crippen LogP contribution in [0.3, 0.4) is 0 Å². The standard InChI is InChI=1S/C12H16N4O/c1-8-6-16(7-9(2)17-8)12-11(14)3-10(4-13)5-15-12/h3,5,8-9H,6-7,14H2,1-2H3. The number of hydrogen-bond acceptors (Lipinski definition) is 5. The van der Waals surface area contributed by atoms with E-state index in [-0.39, 0.29) is 12.2 Å². The normalized spacial score (nSPS) is 24.4. The van der Waals surface area contributed by atoms with Crippen LogP contribution in [-0.2, 0) is 4.74 Å². The third-order valence-electron chi connectivity index (χ3n) is 2.74. The highest BCUT2D eigenvalue weighted by atomic mass is 16.5. The summed E-state index contributed by atoms with van der Waals surface area (Å²) in [5, 5.41) is 8.77. The monoisotopic (exact) mass is 232 g/mol. The van der Waals surface area contributed by atoms with Crippen LogP contribution in [0, 0.1) is 11.3 Å². The molecule has 2 atom stereocenters. The number of anilines is 2. The summed E-state index contributed by atoms with van der Waals surface area (Å²) in [5.74, 6) is 0.742. The first-order valence-corrected chi connectivity index (χ1v) is 5.66. The average Bonchev–Trinajstić information content (AvgIpc) is 2.27. The summed E-state index contributed by atoms with van der Waals surface area (Å²) in [7, 11) is 0. The van der Waals surface area contributed by atoms with Crippen LogP contribution in [0.5, 0.6) is 0 Å². The second-order valence-corrected chi connectivity index (χ2v) is 4.41. The van der Waals surface area contributed by atoms with Crippen LogP contribution < -0.4 is 10.6 Å². The molecule has 1 fully saturated rings. The van der Waals surface area contributed by atoms with E-state index in [0.717, 1.165) is 18.9 Å². The summed E-state index contributed by atoms with van der Waals surface area (Å²) in [5.41, 5.74) is 6.96. The molecule has 2 unspecified atom stereocenters. The average molecular weight is 232 g/mol. The maximum atomic E-state index is 8.77. The molecule has 1 aliphatic rings. The Morgan fingerprint density at radius 1 is 1.47 bits per heavy atom. The number of nitrogens with two attached hydrogens (primary N) is 1. The molecule has 90 valence electrons. The highest BCUT2D eigenvalue weighted by Gasteiger charge is 2.24. The quantitative estimate of drug-likeness (QED) is 0.786. The first-order chi connectivity index (χ1) is 8.10. The maximum absolute atomic E-state index is 8.77. The van der Waals surface area contributed by atoms with E-state index < -0.39 is 0 Å². The summed E-state index contributed by atoms with van der Waals surface area (Å²) < 4.78 is 5.66. The van der Waals surface area contributed by atoms with Crippen LogP contribution in [-0.4, -0.2) is 30.3 Å². The lowest BCUT2D eigenvalue weighted by Gasteiger charge is -2.36. The third-order valence-corrected chi connectivity index (χ3v) is 2.74. The first-order valence-electron chi connectivity index (χ1n) is 5.66. The van der Waals surface area contributed by atoms with Crippen LogP contribution in [0.25, 0.3) is 0 Å². The van der Waals surface area contributed by atoms with E-state index in [4.69, 9.17) is 15.7 Å². The van der Waals surface area contributed by atoms with Gasteiger partial charge in [-0.15, -0.1) is 0 Å². The Kier molecular flexibility index (Phi) is 3.16. The van der Waals surface area contributed by atoms with E-state index in [9.17, 15) is 0 Å². The molecule has 0 spiro atoms. The number of rotatable bonds is 1. The van der Waals surface area contributed by atoms with Crippen LogP contribution in [0.15, 0.2) is 12.3 Å². The number of ether oxygens (including phenoxy) is 1. The topological polar surface area (TPSA) is 75.2 Å². The van der Waals surface area contributed by atoms with E-state index in [1.807, 2.05) is 19.9 Å². The lowest BCUT2D eigenvalue weighted by Crippen LogP contribution is -2.46. The molecule has 1 saturated heterocycles. The highest BCUT2D eigenvalue weighted by Crippen LogP contribution is 2.24. The Balaban J connectivity index is 2.25. The largest absolute Gasteiger partial charge is 0.396 e. The molecule has 1 aromatic heterocycles. The van der Waals surface area contributed by atoms with Gasteiger partial charge in [-0.3, -0.25) is 0 Å². The van der Waals surface area contributed by atoms with E-state index in [1.165, 1.54) is 0 Å². The Morgan fingerprint density at radius 2 is 2.12 bits per heavy atom. The molecule has 5 heteroatoms. The summed E-state index contributed by atoms with van der Waals surface area (Å²) in [6.45, 7) is 5.60. The van der Waals surface area contributed by atoms with Crippen molar-refractivity contribution in [3.8, 4) is 6.07 Å². The van der Waals surface area contributed by atoms with Gasteiger partial charge in [-0.1, -0.05) is 0 Å². The van der Waals surface area contributed by atoms with Gasteiger partial charge in [0.2, 0.25) is 0 Å². The lowest BCUT2D eigenvalue weighted by molar-refractivity contribution is -0.00540. The van der Waals surface area contributed by atoms with Gasteiger partial charge in [0, 0.05) is 19.3 Å². The van der Waals surface area contributed by atoms with Gasteiger partial charge in [0.25, 0.3) is 0 Å². The van der Waals surface area contributed by atoms with Gasteiger partial charge in [-0.2, -0.15) is 5.26 Å². The number of nitrogen functional groups attached to an aromatic ring is 1. The van der Waals surface area contributed by atoms with Gasteiger partial charge < -0.3 is 15.4 Å². The molecule has 0 saturated carbocycles. The number of aromatic nitrogens is 1. The molecular weight excluding hydrogens is 216 g/mol. The van der Waals surface area contributed by atoms with Gasteiger partial charge in [0.1, 0.15) is 6.07 Å². The van der Waals surface area contributed by atoms with Crippen molar-refractivity contribution >= 4 is 11.5 Å². The predicted molar refractivity (Wildman–Crippen MR) is 65.6 cm³/mol. The zero-order valence-corrected chi connectivity index (χ0v) is 10.1. The van der Waals surface area contributed by atoms with Crippen molar-refractivity contribution in [2.24, 2.45) is 0 Å². The number of nitrogens with zero attached hydrogens (tertiary/aromatic N) is 3. The van der Waals surface area contributed by atoms with Crippen LogP contribution >= 0.6 is 0 Å². The molecule has 2 heterocycles. The zero-order valence-electron chi connectivity index (χ0n) is 10.1. The van der Waals surface area contributed by atoms with Crippen LogP contribution in [0.2, 0.25) is 0 Å². The summed E-state index contributed by atoms with van der Waals surface area (Å²) in [6.07, 6.45) is 1.88. The molecule has 0 amide bonds. The minimum Gasteiger partial charge on any atom is -0.396 e. The number of morpholine rings is 1. The second-order valence-electron chi connectivity index (χ2n) is 4.41. The Hall–Kier alpha value is -1.80. The molecule has 1 aromatic rings. The fourth-order valence-electron chi connectivity index (χ4n) is 2.15. The summed E-state index contributed by atoms with van der Waals surface area (Å²) in [6, 6.07) is 3.69. The molecule has 2 N–H and O–H groups in total. The van der Waals surface area contributed by atoms with Crippen molar-refractivity contribution in [2.45, 2.75) is 26.1 Å². The van der Waals surface area contributed by atoms with Crippen LogP contribution in [0.1, 0.15) is 19.4 Å². The van der Waals surface area contributed by atoms with Gasteiger partial charge in [0.15, 0.2) is 5.82 Å². The third kappa shape index (κ3) is 2.48. The lowest BCUT2D eigenvalue weighted by atomic mass is 10.2. The minimum absolute atomic E-state index is 0.163. The van der Waals surface area contributed by atoms with Crippen molar-refractivity contribution in [1.82, 2.24) is 4.98 Å². The van der Waals surface area contributed by atoms with Crippen molar-refractivity contribution in [2.75, 3.05) is 23.7 Å². The maximum Gasteiger partial charge on any atom is 0.152 e. The van der Waals surface area contributed by atoms with Gasteiger partial charge in [-0.25, -0.2) is 4.98 Å². The molecule has 17 heavy (non-hydrogen) atoms. The summed E-state index contributed by atoms with van der Waals surface area (Å²) >= 11 is 0. The minimum atomic E-state index is 0.163. The SMILES string of the molecule is CC1CN(c2ncc(C#N)cc2N)CC(C)O1. The Bertz CT molecular complexity index is 444. The van der Waals surface area contributed by atoms with Crippen molar-refractivity contribution in [3.63, 3.8) is 0 Å². The van der Waals surface area contributed by atoms with E-state index >= 15 is 0 Å². The number of nitriles is 1. The second kappa shape index (κ2) is 4.60. The fraction of sp³-hybridized carbons (Fsp3) is 0.500. The van der Waals surface area contributed by atoms with Crippen molar-refractivity contribution in [3.05, 3.63) is 17.8 Å². The highest BCUT2D eigenvalue weighted by molar-refractivity contribution is 5.64. The van der Waals surface area contributed by atoms with Gasteiger partial charge in [0.05, 0.1) is 23.5 Å². The summed E-state index contributed by atoms with van der Waals surface area (Å²) in [4.78, 5) is 6.37. The molecule has 2 rings (SSSR count). The van der Waals surface area contributed by atoms with Crippen molar-refractivity contribution in [1.29, 1.82) is 5.26 Å². The van der Waals surface area contributed by atoms with E-state index in [2.05, 4.69) is 9.88 Å². The number of hydrogen-bond donors (Lipinski definition) is 1. The molecule has 0 radical (unpaired) electrons. The molecule has 1 aliphatic heterocycles. The molecule has 0 bridgehead atoms. The number of pyridine rings is 1. The van der Waals surface area contributed by atoms with Gasteiger partial charge in [-0.05, 0) is 19.9 Å². The Morgan fingerprint density at radius 3 is 2.65 bits per heavy atom. The fourth-order valence-corrected chi connectivity index (χ4v) is 2.15. The smallest absolute Gasteiger partial charge is 0.152 e.